The van der Waals surface area contributed by atoms with E-state index in [2.05, 4.69) is 10.0 Å². The second-order valence-corrected chi connectivity index (χ2v) is 9.82. The predicted molar refractivity (Wildman–Crippen MR) is 131 cm³/mol. The number of hydrogen-bond donors (Lipinski definition) is 2. The molecule has 3 aromatic rings. The fraction of sp³-hybridized carbons (Fsp3) is 0.269. The first-order valence-corrected chi connectivity index (χ1v) is 12.3. The molecule has 1 atom stereocenters. The fourth-order valence-electron chi connectivity index (χ4n) is 3.77. The van der Waals surface area contributed by atoms with Gasteiger partial charge in [0.25, 0.3) is 15.9 Å². The number of rotatable bonds is 8. The van der Waals surface area contributed by atoms with Crippen molar-refractivity contribution in [2.24, 2.45) is 0 Å². The standard InChI is InChI=1S/C26H30N2O4S/c1-6-24(20-9-11-23(32-5)12-10-20)27-26(29)21-8-7-19(4)25(16-21)33(30,31)28-22-14-17(2)13-18(3)15-22/h7-16,24,28H,6H2,1-5H3,(H,27,29)/t24-/m0/s1. The van der Waals surface area contributed by atoms with Gasteiger partial charge in [-0.3, -0.25) is 9.52 Å². The minimum absolute atomic E-state index is 0.0757. The number of aryl methyl sites for hydroxylation is 3. The molecule has 0 spiro atoms. The van der Waals surface area contributed by atoms with Crippen molar-refractivity contribution < 1.29 is 17.9 Å². The SMILES string of the molecule is CC[C@H](NC(=O)c1ccc(C)c(S(=O)(=O)Nc2cc(C)cc(C)c2)c1)c1ccc(OC)cc1. The van der Waals surface area contributed by atoms with Gasteiger partial charge in [0.1, 0.15) is 5.75 Å². The topological polar surface area (TPSA) is 84.5 Å². The molecule has 0 unspecified atom stereocenters. The molecule has 0 saturated carbocycles. The summed E-state index contributed by atoms with van der Waals surface area (Å²) in [5.41, 5.74) is 4.21. The molecule has 0 saturated heterocycles. The molecule has 0 radical (unpaired) electrons. The van der Waals surface area contributed by atoms with Crippen molar-refractivity contribution in [2.75, 3.05) is 11.8 Å². The van der Waals surface area contributed by atoms with Gasteiger partial charge in [-0.1, -0.05) is 31.2 Å². The van der Waals surface area contributed by atoms with E-state index in [0.717, 1.165) is 22.4 Å². The predicted octanol–water partition coefficient (Wildman–Crippen LogP) is 5.30. The molecule has 0 aliphatic heterocycles. The Balaban J connectivity index is 1.85. The molecule has 0 bridgehead atoms. The van der Waals surface area contributed by atoms with Crippen molar-refractivity contribution in [2.45, 2.75) is 45.1 Å². The van der Waals surface area contributed by atoms with Gasteiger partial charge in [-0.15, -0.1) is 0 Å². The van der Waals surface area contributed by atoms with Crippen LogP contribution < -0.4 is 14.8 Å². The van der Waals surface area contributed by atoms with Crippen molar-refractivity contribution in [3.05, 3.63) is 88.5 Å². The van der Waals surface area contributed by atoms with Gasteiger partial charge in [0.2, 0.25) is 0 Å². The summed E-state index contributed by atoms with van der Waals surface area (Å²) in [5.74, 6) is 0.408. The average Bonchev–Trinajstić information content (AvgIpc) is 2.76. The van der Waals surface area contributed by atoms with Crippen molar-refractivity contribution in [3.8, 4) is 5.75 Å². The van der Waals surface area contributed by atoms with Crippen LogP contribution in [0.25, 0.3) is 0 Å². The van der Waals surface area contributed by atoms with Gasteiger partial charge >= 0.3 is 0 Å². The molecule has 1 amide bonds. The Hall–Kier alpha value is -3.32. The minimum Gasteiger partial charge on any atom is -0.497 e. The van der Waals surface area contributed by atoms with Crippen LogP contribution in [0.15, 0.2) is 65.6 Å². The number of hydrogen-bond acceptors (Lipinski definition) is 4. The van der Waals surface area contributed by atoms with E-state index < -0.39 is 10.0 Å². The van der Waals surface area contributed by atoms with E-state index in [1.165, 1.54) is 6.07 Å². The number of sulfonamides is 1. The fourth-order valence-corrected chi connectivity index (χ4v) is 5.09. The molecule has 0 fully saturated rings. The Morgan fingerprint density at radius 2 is 1.58 bits per heavy atom. The lowest BCUT2D eigenvalue weighted by Crippen LogP contribution is -2.28. The van der Waals surface area contributed by atoms with Crippen molar-refractivity contribution in [1.82, 2.24) is 5.32 Å². The third kappa shape index (κ3) is 5.93. The number of ether oxygens (including phenoxy) is 1. The Morgan fingerprint density at radius 1 is 0.939 bits per heavy atom. The molecular formula is C26H30N2O4S. The highest BCUT2D eigenvalue weighted by atomic mass is 32.2. The summed E-state index contributed by atoms with van der Waals surface area (Å²) >= 11 is 0. The molecule has 0 aromatic heterocycles. The summed E-state index contributed by atoms with van der Waals surface area (Å²) in [6.45, 7) is 7.51. The van der Waals surface area contributed by atoms with Crippen LogP contribution in [0.3, 0.4) is 0 Å². The van der Waals surface area contributed by atoms with E-state index in [-0.39, 0.29) is 22.4 Å². The molecule has 3 rings (SSSR count). The lowest BCUT2D eigenvalue weighted by molar-refractivity contribution is 0.0935. The lowest BCUT2D eigenvalue weighted by Gasteiger charge is -2.18. The van der Waals surface area contributed by atoms with Crippen LogP contribution in [0, 0.1) is 20.8 Å². The summed E-state index contributed by atoms with van der Waals surface area (Å²) in [5, 5.41) is 3.00. The molecule has 174 valence electrons. The summed E-state index contributed by atoms with van der Waals surface area (Å²) in [4.78, 5) is 13.1. The first-order chi connectivity index (χ1) is 15.6. The quantitative estimate of drug-likeness (QED) is 0.472. The van der Waals surface area contributed by atoms with Gasteiger partial charge in [-0.25, -0.2) is 8.42 Å². The van der Waals surface area contributed by atoms with Crippen LogP contribution in [-0.4, -0.2) is 21.4 Å². The van der Waals surface area contributed by atoms with Crippen molar-refractivity contribution in [1.29, 1.82) is 0 Å². The molecule has 3 aromatic carbocycles. The van der Waals surface area contributed by atoms with E-state index in [1.54, 1.807) is 38.3 Å². The Morgan fingerprint density at radius 3 is 2.15 bits per heavy atom. The van der Waals surface area contributed by atoms with Crippen LogP contribution in [0.5, 0.6) is 5.75 Å². The molecule has 33 heavy (non-hydrogen) atoms. The van der Waals surface area contributed by atoms with Gasteiger partial charge in [-0.2, -0.15) is 0 Å². The van der Waals surface area contributed by atoms with E-state index in [4.69, 9.17) is 4.74 Å². The van der Waals surface area contributed by atoms with Gasteiger partial charge < -0.3 is 10.1 Å². The van der Waals surface area contributed by atoms with E-state index in [0.29, 0.717) is 17.7 Å². The maximum Gasteiger partial charge on any atom is 0.262 e. The highest BCUT2D eigenvalue weighted by Crippen LogP contribution is 2.24. The largest absolute Gasteiger partial charge is 0.497 e. The number of amides is 1. The van der Waals surface area contributed by atoms with Gasteiger partial charge in [0, 0.05) is 11.3 Å². The summed E-state index contributed by atoms with van der Waals surface area (Å²) < 4.78 is 34.1. The van der Waals surface area contributed by atoms with E-state index in [9.17, 15) is 13.2 Å². The Kier molecular flexibility index (Phi) is 7.43. The lowest BCUT2D eigenvalue weighted by atomic mass is 10.0. The normalized spacial score (nSPS) is 12.2. The zero-order valence-corrected chi connectivity index (χ0v) is 20.4. The third-order valence-electron chi connectivity index (χ3n) is 5.45. The monoisotopic (exact) mass is 466 g/mol. The number of carbonyl (C=O) groups is 1. The van der Waals surface area contributed by atoms with Gasteiger partial charge in [0.15, 0.2) is 0 Å². The molecule has 7 heteroatoms. The number of carbonyl (C=O) groups excluding carboxylic acids is 1. The number of nitrogens with one attached hydrogen (secondary N) is 2. The number of methoxy groups -OCH3 is 1. The molecular weight excluding hydrogens is 436 g/mol. The highest BCUT2D eigenvalue weighted by Gasteiger charge is 2.21. The minimum atomic E-state index is -3.87. The van der Waals surface area contributed by atoms with Gasteiger partial charge in [-0.05, 0) is 85.8 Å². The maximum absolute atomic E-state index is 13.1. The van der Waals surface area contributed by atoms with Crippen molar-refractivity contribution in [3.63, 3.8) is 0 Å². The molecule has 0 heterocycles. The third-order valence-corrected chi connectivity index (χ3v) is 6.97. The maximum atomic E-state index is 13.1. The molecule has 0 aliphatic carbocycles. The second-order valence-electron chi connectivity index (χ2n) is 8.17. The molecule has 6 nitrogen and oxygen atoms in total. The van der Waals surface area contributed by atoms with Crippen LogP contribution in [-0.2, 0) is 10.0 Å². The zero-order chi connectivity index (χ0) is 24.2. The average molecular weight is 467 g/mol. The number of benzene rings is 3. The van der Waals surface area contributed by atoms with Crippen LogP contribution in [0.4, 0.5) is 5.69 Å². The summed E-state index contributed by atoms with van der Waals surface area (Å²) in [6, 6.07) is 17.5. The van der Waals surface area contributed by atoms with E-state index in [1.807, 2.05) is 51.1 Å². The van der Waals surface area contributed by atoms with Crippen LogP contribution in [0.2, 0.25) is 0 Å². The number of anilines is 1. The summed E-state index contributed by atoms with van der Waals surface area (Å²) in [6.07, 6.45) is 0.684. The Bertz CT molecular complexity index is 1230. The summed E-state index contributed by atoms with van der Waals surface area (Å²) in [7, 11) is -2.27. The highest BCUT2D eigenvalue weighted by molar-refractivity contribution is 7.92. The van der Waals surface area contributed by atoms with E-state index >= 15 is 0 Å². The van der Waals surface area contributed by atoms with Crippen LogP contribution >= 0.6 is 0 Å². The molecule has 2 N–H and O–H groups in total. The van der Waals surface area contributed by atoms with Gasteiger partial charge in [0.05, 0.1) is 18.0 Å². The zero-order valence-electron chi connectivity index (χ0n) is 19.6. The van der Waals surface area contributed by atoms with Crippen molar-refractivity contribution >= 4 is 21.6 Å². The first kappa shape index (κ1) is 24.3. The second kappa shape index (κ2) is 10.1. The smallest absolute Gasteiger partial charge is 0.262 e. The molecule has 0 aliphatic rings. The van der Waals surface area contributed by atoms with Crippen LogP contribution in [0.1, 0.15) is 52.0 Å². The Labute approximate surface area is 196 Å². The first-order valence-electron chi connectivity index (χ1n) is 10.8.